The maximum absolute atomic E-state index is 9.24. The Morgan fingerprint density at radius 3 is 2.18 bits per heavy atom. The lowest BCUT2D eigenvalue weighted by Crippen LogP contribution is -2.48. The van der Waals surface area contributed by atoms with E-state index in [1.54, 1.807) is 12.1 Å². The van der Waals surface area contributed by atoms with Gasteiger partial charge < -0.3 is 5.11 Å². The van der Waals surface area contributed by atoms with E-state index in [9.17, 15) is 5.11 Å². The number of hydrogen-bond acceptors (Lipinski definition) is 3. The van der Waals surface area contributed by atoms with Crippen molar-refractivity contribution < 1.29 is 5.11 Å². The Bertz CT molecular complexity index is 340. The average molecular weight is 234 g/mol. The number of nitrogens with zero attached hydrogens (tertiary/aromatic N) is 2. The molecule has 2 rings (SSSR count). The van der Waals surface area contributed by atoms with E-state index in [4.69, 9.17) is 0 Å². The topological polar surface area (TPSA) is 26.7 Å². The zero-order valence-corrected chi connectivity index (χ0v) is 10.8. The van der Waals surface area contributed by atoms with Gasteiger partial charge in [-0.1, -0.05) is 12.1 Å². The lowest BCUT2D eigenvalue weighted by Gasteiger charge is -2.36. The third-order valence-electron chi connectivity index (χ3n) is 3.48. The summed E-state index contributed by atoms with van der Waals surface area (Å²) >= 11 is 0. The van der Waals surface area contributed by atoms with Crippen LogP contribution in [-0.2, 0) is 6.54 Å². The van der Waals surface area contributed by atoms with Gasteiger partial charge in [0.25, 0.3) is 0 Å². The lowest BCUT2D eigenvalue weighted by atomic mass is 10.2. The fraction of sp³-hybridized carbons (Fsp3) is 0.571. The van der Waals surface area contributed by atoms with Crippen LogP contribution in [0.3, 0.4) is 0 Å². The van der Waals surface area contributed by atoms with Crippen LogP contribution in [0, 0.1) is 0 Å². The Labute approximate surface area is 104 Å². The molecule has 0 aromatic heterocycles. The normalized spacial score (nSPS) is 18.8. The first-order valence-electron chi connectivity index (χ1n) is 6.39. The fourth-order valence-electron chi connectivity index (χ4n) is 2.30. The van der Waals surface area contributed by atoms with Gasteiger partial charge in [-0.3, -0.25) is 9.80 Å². The summed E-state index contributed by atoms with van der Waals surface area (Å²) in [4.78, 5) is 5.00. The third-order valence-corrected chi connectivity index (χ3v) is 3.48. The molecule has 3 nitrogen and oxygen atoms in total. The van der Waals surface area contributed by atoms with E-state index in [1.807, 2.05) is 12.1 Å². The van der Waals surface area contributed by atoms with Gasteiger partial charge in [0.1, 0.15) is 5.75 Å². The molecule has 1 aliphatic heterocycles. The monoisotopic (exact) mass is 234 g/mol. The number of piperazine rings is 1. The molecule has 1 aromatic carbocycles. The van der Waals surface area contributed by atoms with E-state index < -0.39 is 0 Å². The van der Waals surface area contributed by atoms with Crippen LogP contribution in [0.4, 0.5) is 0 Å². The van der Waals surface area contributed by atoms with Gasteiger partial charge in [0.05, 0.1) is 0 Å². The molecule has 0 radical (unpaired) electrons. The van der Waals surface area contributed by atoms with E-state index in [0.717, 1.165) is 32.7 Å². The highest BCUT2D eigenvalue weighted by Crippen LogP contribution is 2.13. The summed E-state index contributed by atoms with van der Waals surface area (Å²) in [5, 5.41) is 9.24. The van der Waals surface area contributed by atoms with Gasteiger partial charge in [-0.05, 0) is 31.5 Å². The Kier molecular flexibility index (Phi) is 4.02. The summed E-state index contributed by atoms with van der Waals surface area (Å²) in [5.41, 5.74) is 1.28. The molecule has 0 unspecified atom stereocenters. The van der Waals surface area contributed by atoms with Gasteiger partial charge in [0, 0.05) is 38.8 Å². The first-order chi connectivity index (χ1) is 8.15. The largest absolute Gasteiger partial charge is 0.508 e. The van der Waals surface area contributed by atoms with Crippen molar-refractivity contribution in [3.8, 4) is 5.75 Å². The molecule has 1 heterocycles. The van der Waals surface area contributed by atoms with Gasteiger partial charge in [-0.2, -0.15) is 0 Å². The summed E-state index contributed by atoms with van der Waals surface area (Å²) in [5.74, 6) is 0.346. The van der Waals surface area contributed by atoms with E-state index >= 15 is 0 Å². The minimum Gasteiger partial charge on any atom is -0.508 e. The maximum atomic E-state index is 9.24. The first-order valence-corrected chi connectivity index (χ1v) is 6.39. The zero-order valence-electron chi connectivity index (χ0n) is 10.8. The Balaban J connectivity index is 1.84. The van der Waals surface area contributed by atoms with Crippen molar-refractivity contribution in [2.75, 3.05) is 26.2 Å². The molecule has 1 N–H and O–H groups in total. The van der Waals surface area contributed by atoms with Crippen molar-refractivity contribution in [2.24, 2.45) is 0 Å². The Morgan fingerprint density at radius 2 is 1.65 bits per heavy atom. The van der Waals surface area contributed by atoms with E-state index in [-0.39, 0.29) is 0 Å². The minimum absolute atomic E-state index is 0.346. The van der Waals surface area contributed by atoms with E-state index in [0.29, 0.717) is 11.8 Å². The molecule has 0 aliphatic carbocycles. The molecule has 0 spiro atoms. The summed E-state index contributed by atoms with van der Waals surface area (Å²) in [6.07, 6.45) is 0. The van der Waals surface area contributed by atoms with Crippen molar-refractivity contribution in [3.05, 3.63) is 29.8 Å². The van der Waals surface area contributed by atoms with E-state index in [2.05, 4.69) is 23.6 Å². The van der Waals surface area contributed by atoms with Gasteiger partial charge in [0.2, 0.25) is 0 Å². The van der Waals surface area contributed by atoms with Crippen molar-refractivity contribution in [1.82, 2.24) is 9.80 Å². The minimum atomic E-state index is 0.346. The molecule has 0 amide bonds. The number of phenolic OH excluding ortho intramolecular Hbond substituents is 1. The SMILES string of the molecule is CC(C)N1CCN(Cc2ccc(O)cc2)CC1. The molecule has 17 heavy (non-hydrogen) atoms. The molecule has 0 saturated carbocycles. The standard InChI is InChI=1S/C14H22N2O/c1-12(2)16-9-7-15(8-10-16)11-13-3-5-14(17)6-4-13/h3-6,12,17H,7-11H2,1-2H3. The summed E-state index contributed by atoms with van der Waals surface area (Å²) in [7, 11) is 0. The van der Waals surface area contributed by atoms with Crippen molar-refractivity contribution in [3.63, 3.8) is 0 Å². The zero-order chi connectivity index (χ0) is 12.3. The Hall–Kier alpha value is -1.06. The number of hydrogen-bond donors (Lipinski definition) is 1. The van der Waals surface area contributed by atoms with Crippen LogP contribution >= 0.6 is 0 Å². The van der Waals surface area contributed by atoms with Crippen LogP contribution in [-0.4, -0.2) is 47.1 Å². The van der Waals surface area contributed by atoms with Crippen LogP contribution in [0.15, 0.2) is 24.3 Å². The van der Waals surface area contributed by atoms with Crippen LogP contribution in [0.1, 0.15) is 19.4 Å². The molecule has 1 fully saturated rings. The lowest BCUT2D eigenvalue weighted by molar-refractivity contribution is 0.104. The molecule has 0 bridgehead atoms. The Morgan fingerprint density at radius 1 is 1.06 bits per heavy atom. The van der Waals surface area contributed by atoms with Crippen LogP contribution in [0.25, 0.3) is 0 Å². The maximum Gasteiger partial charge on any atom is 0.115 e. The fourth-order valence-corrected chi connectivity index (χ4v) is 2.30. The quantitative estimate of drug-likeness (QED) is 0.865. The molecule has 3 heteroatoms. The van der Waals surface area contributed by atoms with E-state index in [1.165, 1.54) is 5.56 Å². The van der Waals surface area contributed by atoms with Crippen molar-refractivity contribution >= 4 is 0 Å². The second-order valence-electron chi connectivity index (χ2n) is 5.07. The molecular weight excluding hydrogens is 212 g/mol. The van der Waals surface area contributed by atoms with Crippen molar-refractivity contribution in [1.29, 1.82) is 0 Å². The molecule has 0 atom stereocenters. The highest BCUT2D eigenvalue weighted by atomic mass is 16.3. The van der Waals surface area contributed by atoms with Crippen LogP contribution < -0.4 is 0 Å². The first kappa shape index (κ1) is 12.4. The predicted molar refractivity (Wildman–Crippen MR) is 70.1 cm³/mol. The smallest absolute Gasteiger partial charge is 0.115 e. The van der Waals surface area contributed by atoms with Crippen LogP contribution in [0.2, 0.25) is 0 Å². The van der Waals surface area contributed by atoms with Crippen molar-refractivity contribution in [2.45, 2.75) is 26.4 Å². The summed E-state index contributed by atoms with van der Waals surface area (Å²) < 4.78 is 0. The molecule has 1 aliphatic rings. The van der Waals surface area contributed by atoms with Gasteiger partial charge in [0.15, 0.2) is 0 Å². The number of benzene rings is 1. The predicted octanol–water partition coefficient (Wildman–Crippen LogP) is 1.92. The molecule has 1 aromatic rings. The summed E-state index contributed by atoms with van der Waals surface area (Å²) in [6, 6.07) is 8.19. The number of aromatic hydroxyl groups is 1. The highest BCUT2D eigenvalue weighted by molar-refractivity contribution is 5.25. The highest BCUT2D eigenvalue weighted by Gasteiger charge is 2.18. The number of rotatable bonds is 3. The molecular formula is C14H22N2O. The average Bonchev–Trinajstić information content (AvgIpc) is 2.33. The van der Waals surface area contributed by atoms with Gasteiger partial charge in [-0.25, -0.2) is 0 Å². The van der Waals surface area contributed by atoms with Gasteiger partial charge in [-0.15, -0.1) is 0 Å². The molecule has 1 saturated heterocycles. The summed E-state index contributed by atoms with van der Waals surface area (Å²) in [6.45, 7) is 10.1. The van der Waals surface area contributed by atoms with Crippen LogP contribution in [0.5, 0.6) is 5.75 Å². The second-order valence-corrected chi connectivity index (χ2v) is 5.07. The molecule has 94 valence electrons. The number of phenols is 1. The van der Waals surface area contributed by atoms with Gasteiger partial charge >= 0.3 is 0 Å². The third kappa shape index (κ3) is 3.45. The second kappa shape index (κ2) is 5.52.